The Balaban J connectivity index is 2.24. The predicted octanol–water partition coefficient (Wildman–Crippen LogP) is 1.95. The summed E-state index contributed by atoms with van der Waals surface area (Å²) in [5.74, 6) is -0.911. The highest BCUT2D eigenvalue weighted by Gasteiger charge is 2.17. The van der Waals surface area contributed by atoms with E-state index in [0.717, 1.165) is 0 Å². The van der Waals surface area contributed by atoms with Crippen molar-refractivity contribution in [2.45, 2.75) is 0 Å². The molecule has 0 saturated heterocycles. The Hall–Kier alpha value is -2.54. The van der Waals surface area contributed by atoms with E-state index in [4.69, 9.17) is 11.5 Å². The zero-order valence-electron chi connectivity index (χ0n) is 10.7. The number of anilines is 3. The van der Waals surface area contributed by atoms with Crippen molar-refractivity contribution in [3.63, 3.8) is 0 Å². The fourth-order valence-electron chi connectivity index (χ4n) is 1.64. The van der Waals surface area contributed by atoms with Gasteiger partial charge in [-0.15, -0.1) is 11.3 Å². The van der Waals surface area contributed by atoms with E-state index in [0.29, 0.717) is 21.8 Å². The number of thiophene rings is 1. The van der Waals surface area contributed by atoms with Crippen LogP contribution in [0.15, 0.2) is 29.6 Å². The number of benzene rings is 1. The molecule has 0 spiro atoms. The molecule has 0 fully saturated rings. The summed E-state index contributed by atoms with van der Waals surface area (Å²) in [5.41, 5.74) is 12.8. The summed E-state index contributed by atoms with van der Waals surface area (Å²) >= 11 is 1.19. The van der Waals surface area contributed by atoms with Gasteiger partial charge in [0.05, 0.1) is 18.4 Å². The molecule has 20 heavy (non-hydrogen) atoms. The van der Waals surface area contributed by atoms with Gasteiger partial charge < -0.3 is 21.5 Å². The number of nitrogens with one attached hydrogen (secondary N) is 1. The summed E-state index contributed by atoms with van der Waals surface area (Å²) in [4.78, 5) is 24.0. The zero-order chi connectivity index (χ0) is 14.7. The number of amides is 1. The first-order chi connectivity index (χ1) is 9.52. The maximum Gasteiger partial charge on any atom is 0.350 e. The molecule has 0 radical (unpaired) electrons. The third-order valence-corrected chi connectivity index (χ3v) is 3.50. The number of rotatable bonds is 3. The second-order valence-electron chi connectivity index (χ2n) is 3.96. The first kappa shape index (κ1) is 13.9. The largest absolute Gasteiger partial charge is 0.465 e. The molecule has 1 heterocycles. The zero-order valence-corrected chi connectivity index (χ0v) is 11.5. The van der Waals surface area contributed by atoms with Gasteiger partial charge in [-0.25, -0.2) is 4.79 Å². The van der Waals surface area contributed by atoms with Crippen LogP contribution in [-0.4, -0.2) is 19.0 Å². The number of hydrogen-bond acceptors (Lipinski definition) is 6. The predicted molar refractivity (Wildman–Crippen MR) is 78.9 cm³/mol. The number of hydrogen-bond donors (Lipinski definition) is 3. The topological polar surface area (TPSA) is 107 Å². The Labute approximate surface area is 119 Å². The lowest BCUT2D eigenvalue weighted by atomic mass is 10.1. The van der Waals surface area contributed by atoms with Crippen molar-refractivity contribution >= 4 is 40.3 Å². The van der Waals surface area contributed by atoms with Crippen LogP contribution in [0.5, 0.6) is 0 Å². The molecule has 2 rings (SSSR count). The number of nitrogens with two attached hydrogens (primary N) is 2. The Morgan fingerprint density at radius 2 is 2.00 bits per heavy atom. The van der Waals surface area contributed by atoms with Gasteiger partial charge in [0.25, 0.3) is 5.91 Å². The van der Waals surface area contributed by atoms with Crippen molar-refractivity contribution in [2.24, 2.45) is 0 Å². The Kier molecular flexibility index (Phi) is 3.90. The highest BCUT2D eigenvalue weighted by Crippen LogP contribution is 2.25. The summed E-state index contributed by atoms with van der Waals surface area (Å²) in [5, 5.41) is 4.32. The fourth-order valence-corrected chi connectivity index (χ4v) is 2.40. The van der Waals surface area contributed by atoms with Crippen molar-refractivity contribution < 1.29 is 14.3 Å². The summed E-state index contributed by atoms with van der Waals surface area (Å²) in [7, 11) is 1.28. The van der Waals surface area contributed by atoms with Crippen LogP contribution in [0.25, 0.3) is 0 Å². The molecule has 0 aliphatic carbocycles. The number of methoxy groups -OCH3 is 1. The van der Waals surface area contributed by atoms with Crippen molar-refractivity contribution in [3.8, 4) is 0 Å². The van der Waals surface area contributed by atoms with E-state index < -0.39 is 11.9 Å². The average Bonchev–Trinajstić information content (AvgIpc) is 2.85. The van der Waals surface area contributed by atoms with Crippen LogP contribution in [0.2, 0.25) is 0 Å². The molecule has 0 aliphatic rings. The third kappa shape index (κ3) is 2.72. The van der Waals surface area contributed by atoms with Gasteiger partial charge in [-0.2, -0.15) is 0 Å². The summed E-state index contributed by atoms with van der Waals surface area (Å²) < 4.78 is 4.64. The maximum atomic E-state index is 12.1. The molecule has 0 bridgehead atoms. The van der Waals surface area contributed by atoms with Gasteiger partial charge in [-0.05, 0) is 29.6 Å². The molecule has 1 amide bonds. The Morgan fingerprint density at radius 3 is 2.65 bits per heavy atom. The van der Waals surface area contributed by atoms with Crippen LogP contribution in [0.4, 0.5) is 17.1 Å². The lowest BCUT2D eigenvalue weighted by Crippen LogP contribution is -2.15. The van der Waals surface area contributed by atoms with Crippen LogP contribution < -0.4 is 16.8 Å². The average molecular weight is 291 g/mol. The third-order valence-electron chi connectivity index (χ3n) is 2.60. The fraction of sp³-hybridized carbons (Fsp3) is 0.0769. The van der Waals surface area contributed by atoms with Gasteiger partial charge in [0.15, 0.2) is 0 Å². The van der Waals surface area contributed by atoms with E-state index in [1.807, 2.05) is 0 Å². The summed E-state index contributed by atoms with van der Waals surface area (Å²) in [6.07, 6.45) is 0. The molecular weight excluding hydrogens is 278 g/mol. The van der Waals surface area contributed by atoms with Gasteiger partial charge in [0, 0.05) is 11.4 Å². The normalized spacial score (nSPS) is 10.1. The molecule has 5 N–H and O–H groups in total. The Morgan fingerprint density at radius 1 is 1.25 bits per heavy atom. The smallest absolute Gasteiger partial charge is 0.350 e. The van der Waals surface area contributed by atoms with Gasteiger partial charge in [0.2, 0.25) is 0 Å². The van der Waals surface area contributed by atoms with E-state index in [1.165, 1.54) is 30.6 Å². The lowest BCUT2D eigenvalue weighted by molar-refractivity contribution is 0.0607. The van der Waals surface area contributed by atoms with Crippen molar-refractivity contribution in [2.75, 3.05) is 23.9 Å². The number of nitrogen functional groups attached to an aromatic ring is 2. The van der Waals surface area contributed by atoms with Crippen LogP contribution in [0, 0.1) is 0 Å². The van der Waals surface area contributed by atoms with E-state index in [-0.39, 0.29) is 5.69 Å². The van der Waals surface area contributed by atoms with Crippen molar-refractivity contribution in [1.29, 1.82) is 0 Å². The highest BCUT2D eigenvalue weighted by atomic mass is 32.1. The lowest BCUT2D eigenvalue weighted by Gasteiger charge is -2.08. The molecule has 1 aromatic heterocycles. The van der Waals surface area contributed by atoms with Crippen LogP contribution in [-0.2, 0) is 4.74 Å². The quantitative estimate of drug-likeness (QED) is 0.592. The van der Waals surface area contributed by atoms with Gasteiger partial charge >= 0.3 is 5.97 Å². The number of carbonyl (C=O) groups is 2. The minimum atomic E-state index is -0.499. The molecule has 0 atom stereocenters. The van der Waals surface area contributed by atoms with E-state index in [9.17, 15) is 9.59 Å². The second-order valence-corrected chi connectivity index (χ2v) is 4.87. The molecule has 104 valence electrons. The second kappa shape index (κ2) is 5.62. The van der Waals surface area contributed by atoms with Gasteiger partial charge in [-0.3, -0.25) is 4.79 Å². The Bertz CT molecular complexity index is 667. The minimum absolute atomic E-state index is 0.275. The van der Waals surface area contributed by atoms with Crippen LogP contribution in [0.1, 0.15) is 20.0 Å². The molecule has 1 aromatic carbocycles. The summed E-state index contributed by atoms with van der Waals surface area (Å²) in [6.45, 7) is 0. The SMILES string of the molecule is COC(=O)c1sccc1NC(=O)c1ccc(N)cc1N. The highest BCUT2D eigenvalue weighted by molar-refractivity contribution is 7.12. The number of ether oxygens (including phenoxy) is 1. The molecule has 2 aromatic rings. The summed E-state index contributed by atoms with van der Waals surface area (Å²) in [6, 6.07) is 6.25. The number of carbonyl (C=O) groups excluding carboxylic acids is 2. The van der Waals surface area contributed by atoms with Gasteiger partial charge in [-0.1, -0.05) is 0 Å². The monoisotopic (exact) mass is 291 g/mol. The van der Waals surface area contributed by atoms with Crippen LogP contribution >= 0.6 is 11.3 Å². The van der Waals surface area contributed by atoms with Crippen LogP contribution in [0.3, 0.4) is 0 Å². The molecule has 7 heteroatoms. The van der Waals surface area contributed by atoms with E-state index in [2.05, 4.69) is 10.1 Å². The first-order valence-corrected chi connectivity index (χ1v) is 6.53. The number of esters is 1. The van der Waals surface area contributed by atoms with Gasteiger partial charge in [0.1, 0.15) is 4.88 Å². The molecular formula is C13H13N3O3S. The molecule has 0 saturated carbocycles. The molecule has 6 nitrogen and oxygen atoms in total. The minimum Gasteiger partial charge on any atom is -0.465 e. The van der Waals surface area contributed by atoms with E-state index in [1.54, 1.807) is 17.5 Å². The molecule has 0 aliphatic heterocycles. The first-order valence-electron chi connectivity index (χ1n) is 5.65. The van der Waals surface area contributed by atoms with Crippen molar-refractivity contribution in [1.82, 2.24) is 0 Å². The van der Waals surface area contributed by atoms with E-state index >= 15 is 0 Å². The van der Waals surface area contributed by atoms with Crippen molar-refractivity contribution in [3.05, 3.63) is 40.1 Å². The standard InChI is InChI=1S/C13H13N3O3S/c1-19-13(18)11-10(4-5-20-11)16-12(17)8-3-2-7(14)6-9(8)15/h2-6H,14-15H2,1H3,(H,16,17). The maximum absolute atomic E-state index is 12.1. The molecule has 0 unspecified atom stereocenters.